The van der Waals surface area contributed by atoms with Crippen LogP contribution in [0.1, 0.15) is 18.1 Å². The molecular weight excluding hydrogens is 322 g/mol. The molecule has 2 aromatic rings. The molecule has 0 bridgehead atoms. The van der Waals surface area contributed by atoms with Crippen molar-refractivity contribution in [3.8, 4) is 0 Å². The zero-order chi connectivity index (χ0) is 17.2. The number of ether oxygens (including phenoxy) is 1. The van der Waals surface area contributed by atoms with Crippen molar-refractivity contribution in [1.29, 1.82) is 0 Å². The molecule has 0 spiro atoms. The molecule has 0 radical (unpaired) electrons. The van der Waals surface area contributed by atoms with Crippen LogP contribution in [0.15, 0.2) is 60.7 Å². The summed E-state index contributed by atoms with van der Waals surface area (Å²) in [6, 6.07) is 15.5. The summed E-state index contributed by atoms with van der Waals surface area (Å²) in [5.41, 5.74) is 3.08. The summed E-state index contributed by atoms with van der Waals surface area (Å²) in [7, 11) is 0. The van der Waals surface area contributed by atoms with E-state index in [1.807, 2.05) is 54.6 Å². The van der Waals surface area contributed by atoms with E-state index in [9.17, 15) is 4.79 Å². The summed E-state index contributed by atoms with van der Waals surface area (Å²) in [5.74, 6) is -0.327. The Morgan fingerprint density at radius 3 is 2.33 bits per heavy atom. The van der Waals surface area contributed by atoms with Gasteiger partial charge in [-0.15, -0.1) is 0 Å². The standard InChI is InChI=1S/C20H20ClNO2/c1-2-24-20(23)14-9-17-7-12-19(13-8-17)22-15-3-4-16-5-10-18(21)11-6-16/h3-14,22H,2,15H2,1H3/b4-3+,14-9+. The second-order valence-corrected chi connectivity index (χ2v) is 5.48. The number of anilines is 1. The fourth-order valence-corrected chi connectivity index (χ4v) is 2.14. The molecule has 0 saturated heterocycles. The second-order valence-electron chi connectivity index (χ2n) is 5.04. The maximum atomic E-state index is 11.3. The average molecular weight is 342 g/mol. The highest BCUT2D eigenvalue weighted by Crippen LogP contribution is 2.12. The van der Waals surface area contributed by atoms with Crippen LogP contribution in [-0.4, -0.2) is 19.1 Å². The van der Waals surface area contributed by atoms with Gasteiger partial charge in [0.1, 0.15) is 0 Å². The predicted molar refractivity (Wildman–Crippen MR) is 101 cm³/mol. The first-order valence-electron chi connectivity index (χ1n) is 7.78. The molecule has 2 rings (SSSR count). The summed E-state index contributed by atoms with van der Waals surface area (Å²) in [6.07, 6.45) is 7.26. The summed E-state index contributed by atoms with van der Waals surface area (Å²) >= 11 is 5.85. The number of esters is 1. The smallest absolute Gasteiger partial charge is 0.330 e. The Labute approximate surface area is 147 Å². The molecule has 0 saturated carbocycles. The van der Waals surface area contributed by atoms with Crippen molar-refractivity contribution in [3.63, 3.8) is 0 Å². The van der Waals surface area contributed by atoms with E-state index in [4.69, 9.17) is 16.3 Å². The van der Waals surface area contributed by atoms with E-state index in [1.54, 1.807) is 13.0 Å². The molecule has 3 nitrogen and oxygen atoms in total. The van der Waals surface area contributed by atoms with E-state index >= 15 is 0 Å². The molecule has 24 heavy (non-hydrogen) atoms. The highest BCUT2D eigenvalue weighted by atomic mass is 35.5. The van der Waals surface area contributed by atoms with Crippen LogP contribution < -0.4 is 5.32 Å². The number of carbonyl (C=O) groups excluding carboxylic acids is 1. The molecule has 4 heteroatoms. The number of halogens is 1. The normalized spacial score (nSPS) is 11.1. The van der Waals surface area contributed by atoms with Gasteiger partial charge in [-0.25, -0.2) is 4.79 Å². The fraction of sp³-hybridized carbons (Fsp3) is 0.150. The molecule has 1 N–H and O–H groups in total. The number of rotatable bonds is 7. The Morgan fingerprint density at radius 2 is 1.67 bits per heavy atom. The third-order valence-electron chi connectivity index (χ3n) is 3.21. The predicted octanol–water partition coefficient (Wildman–Crippen LogP) is 5.04. The average Bonchev–Trinajstić information content (AvgIpc) is 2.60. The van der Waals surface area contributed by atoms with Gasteiger partial charge in [0.05, 0.1) is 6.61 Å². The van der Waals surface area contributed by atoms with Crippen molar-refractivity contribution in [3.05, 3.63) is 76.8 Å². The molecule has 0 atom stereocenters. The summed E-state index contributed by atoms with van der Waals surface area (Å²) in [5, 5.41) is 4.05. The minimum atomic E-state index is -0.327. The van der Waals surface area contributed by atoms with Crippen LogP contribution in [-0.2, 0) is 9.53 Å². The van der Waals surface area contributed by atoms with Crippen molar-refractivity contribution in [1.82, 2.24) is 0 Å². The Hall–Kier alpha value is -2.52. The second kappa shape index (κ2) is 9.58. The Bertz CT molecular complexity index is 703. The number of hydrogen-bond acceptors (Lipinski definition) is 3. The molecule has 0 aromatic heterocycles. The van der Waals surface area contributed by atoms with Crippen LogP contribution in [0.2, 0.25) is 5.02 Å². The molecule has 124 valence electrons. The van der Waals surface area contributed by atoms with Gasteiger partial charge in [0.2, 0.25) is 0 Å². The lowest BCUT2D eigenvalue weighted by atomic mass is 10.2. The highest BCUT2D eigenvalue weighted by molar-refractivity contribution is 6.30. The maximum absolute atomic E-state index is 11.3. The lowest BCUT2D eigenvalue weighted by Gasteiger charge is -2.03. The van der Waals surface area contributed by atoms with Crippen LogP contribution in [0.5, 0.6) is 0 Å². The molecular formula is C20H20ClNO2. The summed E-state index contributed by atoms with van der Waals surface area (Å²) < 4.78 is 4.84. The van der Waals surface area contributed by atoms with Gasteiger partial charge in [0.25, 0.3) is 0 Å². The molecule has 0 aliphatic rings. The lowest BCUT2D eigenvalue weighted by Crippen LogP contribution is -1.99. The van der Waals surface area contributed by atoms with Crippen LogP contribution in [0.3, 0.4) is 0 Å². The van der Waals surface area contributed by atoms with E-state index < -0.39 is 0 Å². The van der Waals surface area contributed by atoms with Crippen molar-refractivity contribution in [2.75, 3.05) is 18.5 Å². The zero-order valence-corrected chi connectivity index (χ0v) is 14.3. The Morgan fingerprint density at radius 1 is 1.04 bits per heavy atom. The number of hydrogen-bond donors (Lipinski definition) is 1. The van der Waals surface area contributed by atoms with Crippen LogP contribution in [0.4, 0.5) is 5.69 Å². The van der Waals surface area contributed by atoms with Gasteiger partial charge in [0, 0.05) is 23.3 Å². The first-order valence-corrected chi connectivity index (χ1v) is 8.16. The summed E-state index contributed by atoms with van der Waals surface area (Å²) in [4.78, 5) is 11.3. The van der Waals surface area contributed by atoms with Gasteiger partial charge in [-0.05, 0) is 48.4 Å². The first kappa shape index (κ1) is 17.8. The van der Waals surface area contributed by atoms with E-state index in [1.165, 1.54) is 6.08 Å². The van der Waals surface area contributed by atoms with Gasteiger partial charge < -0.3 is 10.1 Å². The maximum Gasteiger partial charge on any atom is 0.330 e. The molecule has 0 aliphatic carbocycles. The quantitative estimate of drug-likeness (QED) is 0.566. The largest absolute Gasteiger partial charge is 0.463 e. The summed E-state index contributed by atoms with van der Waals surface area (Å²) in [6.45, 7) is 2.89. The molecule has 0 heterocycles. The third kappa shape index (κ3) is 6.31. The topological polar surface area (TPSA) is 38.3 Å². The van der Waals surface area contributed by atoms with E-state index in [-0.39, 0.29) is 5.97 Å². The Kier molecular flexibility index (Phi) is 7.12. The van der Waals surface area contributed by atoms with Gasteiger partial charge in [-0.3, -0.25) is 0 Å². The van der Waals surface area contributed by atoms with Crippen LogP contribution in [0.25, 0.3) is 12.2 Å². The number of benzene rings is 2. The third-order valence-corrected chi connectivity index (χ3v) is 3.47. The number of nitrogens with one attached hydrogen (secondary N) is 1. The fourth-order valence-electron chi connectivity index (χ4n) is 2.01. The van der Waals surface area contributed by atoms with Gasteiger partial charge >= 0.3 is 5.97 Å². The monoisotopic (exact) mass is 341 g/mol. The van der Waals surface area contributed by atoms with Crippen LogP contribution in [0, 0.1) is 0 Å². The number of carbonyl (C=O) groups is 1. The molecule has 0 aliphatic heterocycles. The van der Waals surface area contributed by atoms with E-state index in [0.29, 0.717) is 6.61 Å². The minimum absolute atomic E-state index is 0.327. The molecule has 0 amide bonds. The van der Waals surface area contributed by atoms with Gasteiger partial charge in [-0.1, -0.05) is 48.0 Å². The molecule has 0 fully saturated rings. The van der Waals surface area contributed by atoms with E-state index in [2.05, 4.69) is 11.4 Å². The minimum Gasteiger partial charge on any atom is -0.463 e. The van der Waals surface area contributed by atoms with Crippen LogP contribution >= 0.6 is 11.6 Å². The van der Waals surface area contributed by atoms with Crippen molar-refractivity contribution < 1.29 is 9.53 Å². The SMILES string of the molecule is CCOC(=O)/C=C/c1ccc(NC/C=C/c2ccc(Cl)cc2)cc1. The van der Waals surface area contributed by atoms with Crippen molar-refractivity contribution in [2.24, 2.45) is 0 Å². The lowest BCUT2D eigenvalue weighted by molar-refractivity contribution is -0.137. The van der Waals surface area contributed by atoms with E-state index in [0.717, 1.165) is 28.4 Å². The van der Waals surface area contributed by atoms with Gasteiger partial charge in [0.15, 0.2) is 0 Å². The highest BCUT2D eigenvalue weighted by Gasteiger charge is 1.95. The zero-order valence-electron chi connectivity index (χ0n) is 13.5. The molecule has 2 aromatic carbocycles. The Balaban J connectivity index is 1.81. The molecule has 0 unspecified atom stereocenters. The first-order chi connectivity index (χ1) is 11.7. The van der Waals surface area contributed by atoms with Gasteiger partial charge in [-0.2, -0.15) is 0 Å². The van der Waals surface area contributed by atoms with Crippen molar-refractivity contribution in [2.45, 2.75) is 6.92 Å². The van der Waals surface area contributed by atoms with Crippen molar-refractivity contribution >= 4 is 35.4 Å².